The van der Waals surface area contributed by atoms with E-state index in [-0.39, 0.29) is 6.71 Å². The van der Waals surface area contributed by atoms with Crippen LogP contribution in [0.4, 0.5) is 17.1 Å². The first-order chi connectivity index (χ1) is 35.4. The fourth-order valence-corrected chi connectivity index (χ4v) is 12.2. The molecule has 72 heavy (non-hydrogen) atoms. The molecule has 0 saturated carbocycles. The second-order valence-corrected chi connectivity index (χ2v) is 19.4. The minimum atomic E-state index is -0.534. The lowest BCUT2D eigenvalue weighted by atomic mass is 9.34. The molecule has 10 aromatic carbocycles. The lowest BCUT2D eigenvalue weighted by molar-refractivity contribution is 0.487. The third kappa shape index (κ3) is 5.89. The van der Waals surface area contributed by atoms with E-state index in [9.17, 15) is 10.5 Å². The Balaban J connectivity index is 1.06. The molecule has 0 fully saturated rings. The highest BCUT2D eigenvalue weighted by Crippen LogP contribution is 2.55. The summed E-state index contributed by atoms with van der Waals surface area (Å²) in [7, 11) is 0. The van der Waals surface area contributed by atoms with Gasteiger partial charge in [-0.3, -0.25) is 0 Å². The number of hydrogen-bond donors (Lipinski definition) is 0. The van der Waals surface area contributed by atoms with Crippen molar-refractivity contribution in [3.05, 3.63) is 241 Å². The molecule has 0 radical (unpaired) electrons. The second-order valence-electron chi connectivity index (χ2n) is 19.4. The van der Waals surface area contributed by atoms with E-state index in [1.54, 1.807) is 0 Å². The summed E-state index contributed by atoms with van der Waals surface area (Å²) in [4.78, 5) is 2.32. The first kappa shape index (κ1) is 41.4. The van der Waals surface area contributed by atoms with E-state index in [4.69, 9.17) is 4.74 Å². The van der Waals surface area contributed by atoms with E-state index >= 15 is 0 Å². The number of para-hydroxylation sites is 7. The van der Waals surface area contributed by atoms with Gasteiger partial charge in [-0.2, -0.15) is 10.5 Å². The topological polar surface area (TPSA) is 69.9 Å². The van der Waals surface area contributed by atoms with Gasteiger partial charge >= 0.3 is 0 Å². The fourth-order valence-electron chi connectivity index (χ4n) is 12.2. The maximum absolute atomic E-state index is 11.4. The Bertz CT molecular complexity index is 4040. The van der Waals surface area contributed by atoms with Crippen molar-refractivity contribution in [2.75, 3.05) is 4.90 Å². The molecule has 0 saturated heterocycles. The van der Waals surface area contributed by atoms with Crippen molar-refractivity contribution in [1.29, 1.82) is 10.5 Å². The molecule has 0 bridgehead atoms. The predicted octanol–water partition coefficient (Wildman–Crippen LogP) is 14.0. The van der Waals surface area contributed by atoms with Crippen LogP contribution in [-0.2, 0) is 5.41 Å². The van der Waals surface area contributed by atoms with Crippen LogP contribution in [0.1, 0.15) is 36.1 Å². The van der Waals surface area contributed by atoms with E-state index in [0.29, 0.717) is 11.1 Å². The number of fused-ring (bicyclic) bond motifs is 10. The Kier molecular flexibility index (Phi) is 9.05. The Morgan fingerprint density at radius 3 is 1.32 bits per heavy atom. The Morgan fingerprint density at radius 1 is 0.431 bits per heavy atom. The minimum Gasteiger partial charge on any atom is -0.458 e. The van der Waals surface area contributed by atoms with Crippen molar-refractivity contribution in [2.45, 2.75) is 19.3 Å². The number of nitrogens with zero attached hydrogens (tertiary/aromatic N) is 5. The Morgan fingerprint density at radius 2 is 0.847 bits per heavy atom. The van der Waals surface area contributed by atoms with Gasteiger partial charge in [-0.1, -0.05) is 147 Å². The maximum Gasteiger partial charge on any atom is 0.253 e. The molecule has 2 aliphatic heterocycles. The highest BCUT2D eigenvalue weighted by atomic mass is 16.5. The summed E-state index contributed by atoms with van der Waals surface area (Å²) in [5, 5.41) is 27.3. The quantitative estimate of drug-likeness (QED) is 0.161. The molecule has 14 rings (SSSR count). The predicted molar refractivity (Wildman–Crippen MR) is 294 cm³/mol. The number of benzene rings is 10. The van der Waals surface area contributed by atoms with Gasteiger partial charge in [0.1, 0.15) is 17.6 Å². The molecule has 2 aromatic heterocycles. The molecular formula is C65H42BN5O. The minimum absolute atomic E-state index is 0.335. The zero-order valence-electron chi connectivity index (χ0n) is 39.5. The van der Waals surface area contributed by atoms with Crippen molar-refractivity contribution < 1.29 is 4.74 Å². The highest BCUT2D eigenvalue weighted by molar-refractivity contribution is 6.98. The van der Waals surface area contributed by atoms with Gasteiger partial charge in [0.25, 0.3) is 6.71 Å². The molecule has 0 N–H and O–H groups in total. The van der Waals surface area contributed by atoms with Crippen molar-refractivity contribution >= 4 is 83.8 Å². The largest absolute Gasteiger partial charge is 0.458 e. The first-order valence-corrected chi connectivity index (χ1v) is 24.4. The molecule has 336 valence electrons. The molecule has 7 heteroatoms. The lowest BCUT2D eigenvalue weighted by Crippen LogP contribution is -2.56. The first-order valence-electron chi connectivity index (χ1n) is 24.4. The summed E-state index contributed by atoms with van der Waals surface area (Å²) in [5.41, 5.74) is 16.7. The van der Waals surface area contributed by atoms with Gasteiger partial charge in [0.05, 0.1) is 50.8 Å². The van der Waals surface area contributed by atoms with Crippen LogP contribution in [0.5, 0.6) is 11.5 Å². The van der Waals surface area contributed by atoms with Crippen LogP contribution in [0, 0.1) is 22.7 Å². The number of anilines is 3. The lowest BCUT2D eigenvalue weighted by Gasteiger charge is -2.43. The number of aromatic nitrogens is 2. The van der Waals surface area contributed by atoms with Crippen LogP contribution >= 0.6 is 0 Å². The van der Waals surface area contributed by atoms with Gasteiger partial charge in [0, 0.05) is 49.5 Å². The fraction of sp³-hybridized carbons (Fsp3) is 0.0462. The van der Waals surface area contributed by atoms with Gasteiger partial charge in [-0.15, -0.1) is 0 Å². The van der Waals surface area contributed by atoms with Gasteiger partial charge in [-0.05, 0) is 118 Å². The van der Waals surface area contributed by atoms with Crippen LogP contribution in [0.2, 0.25) is 0 Å². The highest BCUT2D eigenvalue weighted by Gasteiger charge is 2.41. The van der Waals surface area contributed by atoms with E-state index in [1.165, 1.54) is 21.5 Å². The molecule has 0 amide bonds. The van der Waals surface area contributed by atoms with E-state index in [0.717, 1.165) is 101 Å². The van der Waals surface area contributed by atoms with E-state index in [2.05, 4.69) is 198 Å². The number of ether oxygens (including phenoxy) is 1. The van der Waals surface area contributed by atoms with Crippen molar-refractivity contribution in [1.82, 2.24) is 9.13 Å². The molecular weight excluding hydrogens is 878 g/mol. The summed E-state index contributed by atoms with van der Waals surface area (Å²) in [5.74, 6) is 1.51. The van der Waals surface area contributed by atoms with Crippen LogP contribution < -0.4 is 26.0 Å². The van der Waals surface area contributed by atoms with Gasteiger partial charge in [-0.25, -0.2) is 0 Å². The third-order valence-corrected chi connectivity index (χ3v) is 15.3. The summed E-state index contributed by atoms with van der Waals surface area (Å²) in [6.07, 6.45) is 0. The Labute approximate surface area is 417 Å². The van der Waals surface area contributed by atoms with E-state index in [1.807, 2.05) is 60.7 Å². The molecule has 0 spiro atoms. The van der Waals surface area contributed by atoms with Gasteiger partial charge in [0.2, 0.25) is 0 Å². The smallest absolute Gasteiger partial charge is 0.253 e. The standard InChI is InChI=1S/C65H42BN5O/c1-65(2)51-37-43(69-55-27-9-3-19-45(55)46-20-4-10-28-56(46)69)33-35-59(51)71(60-36-34-44(38-52(60)65)70-57-29-11-5-21-47(57)48-22-6-12-30-58(48)70)64-42(40-68)18-16-24-50(64)49-23-15-17-41(39-67)63(49)66-53-25-7-13-31-61(53)72-62-32-14-8-26-54(62)66/h3-38H,1-2H3. The third-order valence-electron chi connectivity index (χ3n) is 15.3. The zero-order valence-corrected chi connectivity index (χ0v) is 39.5. The maximum atomic E-state index is 11.4. The van der Waals surface area contributed by atoms with Gasteiger partial charge in [0.15, 0.2) is 0 Å². The van der Waals surface area contributed by atoms with Crippen LogP contribution in [0.15, 0.2) is 218 Å². The molecule has 0 atom stereocenters. The van der Waals surface area contributed by atoms with E-state index < -0.39 is 5.41 Å². The molecule has 4 heterocycles. The summed E-state index contributed by atoms with van der Waals surface area (Å²) >= 11 is 0. The summed E-state index contributed by atoms with van der Waals surface area (Å²) in [6.45, 7) is 4.33. The van der Waals surface area contributed by atoms with Crippen LogP contribution in [0.25, 0.3) is 66.1 Å². The van der Waals surface area contributed by atoms with Crippen molar-refractivity contribution in [2.24, 2.45) is 0 Å². The molecule has 6 nitrogen and oxygen atoms in total. The summed E-state index contributed by atoms with van der Waals surface area (Å²) < 4.78 is 11.3. The molecule has 2 aliphatic rings. The average molecular weight is 920 g/mol. The van der Waals surface area contributed by atoms with Crippen molar-refractivity contribution in [3.8, 4) is 46.1 Å². The van der Waals surface area contributed by atoms with Gasteiger partial charge < -0.3 is 18.8 Å². The van der Waals surface area contributed by atoms with Crippen LogP contribution in [-0.4, -0.2) is 15.8 Å². The number of hydrogen-bond acceptors (Lipinski definition) is 4. The van der Waals surface area contributed by atoms with Crippen molar-refractivity contribution in [3.63, 3.8) is 0 Å². The molecule has 0 unspecified atom stereocenters. The number of rotatable bonds is 5. The molecule has 12 aromatic rings. The Hall–Kier alpha value is -9.56. The second kappa shape index (κ2) is 15.7. The SMILES string of the molecule is CC1(C)c2cc(-n3c4ccccc4c4ccccc43)ccc2N(c2c(C#N)cccc2-c2cccc(C#N)c2B2c3ccccc3Oc3ccccc32)c2ccc(-n3c4ccccc4c4ccccc43)cc21. The normalized spacial score (nSPS) is 13.3. The zero-order chi connectivity index (χ0) is 48.2. The summed E-state index contributed by atoms with van der Waals surface area (Å²) in [6, 6.07) is 81.7. The molecule has 0 aliphatic carbocycles. The number of nitriles is 2. The monoisotopic (exact) mass is 919 g/mol. The van der Waals surface area contributed by atoms with Crippen LogP contribution in [0.3, 0.4) is 0 Å². The average Bonchev–Trinajstić information content (AvgIpc) is 3.95.